The number of rotatable bonds is 1. The molecule has 0 unspecified atom stereocenters. The molecule has 0 aliphatic carbocycles. The van der Waals surface area contributed by atoms with E-state index in [1.807, 2.05) is 5.40 Å². The van der Waals surface area contributed by atoms with Crippen LogP contribution in [0.1, 0.15) is 0 Å². The summed E-state index contributed by atoms with van der Waals surface area (Å²) < 4.78 is 1.66. The molecule has 0 saturated carbocycles. The highest BCUT2D eigenvalue weighted by molar-refractivity contribution is 8.03. The van der Waals surface area contributed by atoms with Crippen molar-refractivity contribution in [1.82, 2.24) is 9.78 Å². The summed E-state index contributed by atoms with van der Waals surface area (Å²) in [6, 6.07) is 1.80. The van der Waals surface area contributed by atoms with Gasteiger partial charge in [0.25, 0.3) is 0 Å². The van der Waals surface area contributed by atoms with Gasteiger partial charge in [-0.1, -0.05) is 0 Å². The summed E-state index contributed by atoms with van der Waals surface area (Å²) in [5.74, 6) is 0. The number of aryl methyl sites for hydroxylation is 1. The van der Waals surface area contributed by atoms with Gasteiger partial charge in [0, 0.05) is 18.8 Å². The molecule has 0 saturated heterocycles. The van der Waals surface area contributed by atoms with E-state index in [1.165, 1.54) is 0 Å². The third-order valence-electron chi connectivity index (χ3n) is 0.926. The molecule has 0 spiro atoms. The molecule has 0 aromatic carbocycles. The maximum Gasteiger partial charge on any atom is 0.140 e. The third-order valence-corrected chi connectivity index (χ3v) is 1.63. The Balaban J connectivity index is 2.84. The number of thioether (sulfide) groups is 1. The van der Waals surface area contributed by atoms with Gasteiger partial charge in [0.2, 0.25) is 0 Å². The second kappa shape index (κ2) is 2.55. The van der Waals surface area contributed by atoms with Gasteiger partial charge in [-0.3, -0.25) is 4.68 Å². The minimum atomic E-state index is 0.873. The quantitative estimate of drug-likeness (QED) is 0.430. The highest BCUT2D eigenvalue weighted by Crippen LogP contribution is 2.12. The first-order chi connectivity index (χ1) is 4.34. The molecule has 1 heterocycles. The van der Waals surface area contributed by atoms with Gasteiger partial charge in [-0.15, -0.1) is 0 Å². The third kappa shape index (κ3) is 1.24. The lowest BCUT2D eigenvalue weighted by molar-refractivity contribution is 0.700. The van der Waals surface area contributed by atoms with E-state index in [1.54, 1.807) is 24.0 Å². The summed E-state index contributed by atoms with van der Waals surface area (Å²) in [4.78, 5) is 0. The molecule has 1 rings (SSSR count). The topological polar surface area (TPSA) is 41.6 Å². The minimum absolute atomic E-state index is 0.873. The van der Waals surface area contributed by atoms with Gasteiger partial charge in [-0.25, -0.2) is 0 Å². The van der Waals surface area contributed by atoms with Crippen molar-refractivity contribution in [3.05, 3.63) is 12.3 Å². The standard InChI is InChI=1S/C5H5N3S/c1-8-5(9-4-6)2-3-7-8/h2-3H,1H3. The molecule has 4 heteroatoms. The summed E-state index contributed by atoms with van der Waals surface area (Å²) >= 11 is 1.11. The van der Waals surface area contributed by atoms with E-state index in [0.29, 0.717) is 0 Å². The lowest BCUT2D eigenvalue weighted by Crippen LogP contribution is -1.89. The normalized spacial score (nSPS) is 8.89. The van der Waals surface area contributed by atoms with Crippen LogP contribution in [0.15, 0.2) is 17.3 Å². The van der Waals surface area contributed by atoms with Gasteiger partial charge in [-0.2, -0.15) is 10.4 Å². The molecule has 0 radical (unpaired) electrons. The molecule has 0 amide bonds. The van der Waals surface area contributed by atoms with Crippen molar-refractivity contribution in [2.45, 2.75) is 5.03 Å². The molecule has 1 aromatic rings. The van der Waals surface area contributed by atoms with Gasteiger partial charge in [0.15, 0.2) is 0 Å². The van der Waals surface area contributed by atoms with E-state index in [0.717, 1.165) is 16.8 Å². The van der Waals surface area contributed by atoms with Gasteiger partial charge in [0.05, 0.1) is 6.20 Å². The first-order valence-electron chi connectivity index (χ1n) is 2.38. The van der Waals surface area contributed by atoms with Crippen LogP contribution in [0, 0.1) is 10.7 Å². The molecule has 0 bridgehead atoms. The number of hydrogen-bond acceptors (Lipinski definition) is 3. The maximum atomic E-state index is 8.23. The smallest absolute Gasteiger partial charge is 0.140 e. The number of nitriles is 1. The molecule has 3 nitrogen and oxygen atoms in total. The van der Waals surface area contributed by atoms with Crippen molar-refractivity contribution in [3.63, 3.8) is 0 Å². The van der Waals surface area contributed by atoms with Crippen LogP contribution < -0.4 is 0 Å². The first-order valence-corrected chi connectivity index (χ1v) is 3.20. The number of nitrogens with zero attached hydrogens (tertiary/aromatic N) is 3. The zero-order valence-corrected chi connectivity index (χ0v) is 5.72. The molecule has 0 aliphatic heterocycles. The van der Waals surface area contributed by atoms with Crippen molar-refractivity contribution in [3.8, 4) is 5.40 Å². The van der Waals surface area contributed by atoms with Crippen molar-refractivity contribution in [2.75, 3.05) is 0 Å². The van der Waals surface area contributed by atoms with Crippen molar-refractivity contribution < 1.29 is 0 Å². The van der Waals surface area contributed by atoms with Crippen LogP contribution in [0.5, 0.6) is 0 Å². The van der Waals surface area contributed by atoms with E-state index in [4.69, 9.17) is 5.26 Å². The van der Waals surface area contributed by atoms with Crippen LogP contribution in [0.2, 0.25) is 0 Å². The summed E-state index contributed by atoms with van der Waals surface area (Å²) in [5.41, 5.74) is 0. The average molecular weight is 139 g/mol. The van der Waals surface area contributed by atoms with Gasteiger partial charge in [0.1, 0.15) is 10.4 Å². The Morgan fingerprint density at radius 1 is 1.89 bits per heavy atom. The van der Waals surface area contributed by atoms with Crippen molar-refractivity contribution in [1.29, 1.82) is 5.26 Å². The van der Waals surface area contributed by atoms with Crippen LogP contribution in [0.4, 0.5) is 0 Å². The van der Waals surface area contributed by atoms with Gasteiger partial charge in [-0.05, 0) is 6.07 Å². The number of aromatic nitrogens is 2. The van der Waals surface area contributed by atoms with Crippen LogP contribution in [0.25, 0.3) is 0 Å². The predicted molar refractivity (Wildman–Crippen MR) is 34.7 cm³/mol. The Bertz CT molecular complexity index is 235. The Morgan fingerprint density at radius 3 is 3.11 bits per heavy atom. The molecule has 9 heavy (non-hydrogen) atoms. The molecule has 0 N–H and O–H groups in total. The second-order valence-corrected chi connectivity index (χ2v) is 2.29. The molecular formula is C5H5N3S. The fourth-order valence-corrected chi connectivity index (χ4v) is 0.910. The van der Waals surface area contributed by atoms with Crippen LogP contribution in [0.3, 0.4) is 0 Å². The van der Waals surface area contributed by atoms with Gasteiger partial charge >= 0.3 is 0 Å². The minimum Gasteiger partial charge on any atom is -0.261 e. The van der Waals surface area contributed by atoms with Crippen molar-refractivity contribution in [2.24, 2.45) is 7.05 Å². The fourth-order valence-electron chi connectivity index (χ4n) is 0.509. The van der Waals surface area contributed by atoms with Gasteiger partial charge < -0.3 is 0 Å². The second-order valence-electron chi connectivity index (χ2n) is 1.49. The zero-order chi connectivity index (χ0) is 6.69. The van der Waals surface area contributed by atoms with E-state index in [9.17, 15) is 0 Å². The molecule has 46 valence electrons. The lowest BCUT2D eigenvalue weighted by Gasteiger charge is -1.90. The van der Waals surface area contributed by atoms with Crippen LogP contribution in [-0.2, 0) is 7.05 Å². The maximum absolute atomic E-state index is 8.23. The first kappa shape index (κ1) is 6.17. The average Bonchev–Trinajstić information content (AvgIpc) is 2.18. The van der Waals surface area contributed by atoms with E-state index in [-0.39, 0.29) is 0 Å². The zero-order valence-electron chi connectivity index (χ0n) is 4.90. The summed E-state index contributed by atoms with van der Waals surface area (Å²) in [6.07, 6.45) is 1.67. The largest absolute Gasteiger partial charge is 0.261 e. The lowest BCUT2D eigenvalue weighted by atomic mass is 10.7. The molecule has 0 aliphatic rings. The Kier molecular flexibility index (Phi) is 1.75. The predicted octanol–water partition coefficient (Wildman–Crippen LogP) is 0.993. The summed E-state index contributed by atoms with van der Waals surface area (Å²) in [7, 11) is 1.81. The Morgan fingerprint density at radius 2 is 2.67 bits per heavy atom. The SMILES string of the molecule is Cn1nccc1SC#N. The highest BCUT2D eigenvalue weighted by Gasteiger charge is 1.94. The molecule has 0 fully saturated rings. The Hall–Kier alpha value is -0.950. The van der Waals surface area contributed by atoms with Crippen LogP contribution in [-0.4, -0.2) is 9.78 Å². The number of hydrogen-bond donors (Lipinski definition) is 0. The highest BCUT2D eigenvalue weighted by atomic mass is 32.2. The van der Waals surface area contributed by atoms with Crippen molar-refractivity contribution >= 4 is 11.8 Å². The summed E-state index contributed by atoms with van der Waals surface area (Å²) in [5, 5.41) is 15.0. The Labute approximate surface area is 57.3 Å². The monoisotopic (exact) mass is 139 g/mol. The summed E-state index contributed by atoms with van der Waals surface area (Å²) in [6.45, 7) is 0. The van der Waals surface area contributed by atoms with Crippen LogP contribution >= 0.6 is 11.8 Å². The molecular weight excluding hydrogens is 134 g/mol. The fraction of sp³-hybridized carbons (Fsp3) is 0.200. The van der Waals surface area contributed by atoms with E-state index >= 15 is 0 Å². The van der Waals surface area contributed by atoms with E-state index < -0.39 is 0 Å². The number of thiocyanates is 1. The molecule has 1 aromatic heterocycles. The molecule has 0 atom stereocenters. The van der Waals surface area contributed by atoms with E-state index in [2.05, 4.69) is 5.10 Å².